The fourth-order valence-electron chi connectivity index (χ4n) is 3.06. The van der Waals surface area contributed by atoms with Gasteiger partial charge in [0.15, 0.2) is 0 Å². The maximum Gasteiger partial charge on any atom is 0.220 e. The fourth-order valence-corrected chi connectivity index (χ4v) is 3.06. The van der Waals surface area contributed by atoms with Crippen LogP contribution < -0.4 is 10.6 Å². The maximum atomic E-state index is 11.9. The van der Waals surface area contributed by atoms with E-state index >= 15 is 0 Å². The number of piperidine rings is 1. The van der Waals surface area contributed by atoms with Gasteiger partial charge in [0.25, 0.3) is 0 Å². The van der Waals surface area contributed by atoms with E-state index < -0.39 is 0 Å². The molecule has 114 valence electrons. The van der Waals surface area contributed by atoms with Gasteiger partial charge in [-0.05, 0) is 57.2 Å². The van der Waals surface area contributed by atoms with Crippen LogP contribution in [-0.2, 0) is 11.2 Å². The van der Waals surface area contributed by atoms with Gasteiger partial charge in [0, 0.05) is 36.3 Å². The second-order valence-corrected chi connectivity index (χ2v) is 6.29. The molecule has 21 heavy (non-hydrogen) atoms. The summed E-state index contributed by atoms with van der Waals surface area (Å²) in [6.07, 6.45) is 7.28. The SMILES string of the molecule is O=C(CCc1cccc([C@H]2CCCNC2)n1)NC1CCC1. The van der Waals surface area contributed by atoms with Crippen molar-refractivity contribution >= 4 is 5.91 Å². The van der Waals surface area contributed by atoms with Crippen molar-refractivity contribution in [2.45, 2.75) is 56.9 Å². The molecule has 2 fully saturated rings. The Bertz CT molecular complexity index is 479. The zero-order valence-electron chi connectivity index (χ0n) is 12.6. The molecule has 0 aromatic carbocycles. The Labute approximate surface area is 126 Å². The third-order valence-corrected chi connectivity index (χ3v) is 4.62. The Morgan fingerprint density at radius 1 is 1.29 bits per heavy atom. The number of aryl methyl sites for hydroxylation is 1. The average molecular weight is 287 g/mol. The summed E-state index contributed by atoms with van der Waals surface area (Å²) in [5, 5.41) is 6.52. The van der Waals surface area contributed by atoms with Crippen molar-refractivity contribution < 1.29 is 4.79 Å². The lowest BCUT2D eigenvalue weighted by molar-refractivity contribution is -0.122. The number of nitrogens with zero attached hydrogens (tertiary/aromatic N) is 1. The van der Waals surface area contributed by atoms with Gasteiger partial charge in [-0.2, -0.15) is 0 Å². The van der Waals surface area contributed by atoms with Gasteiger partial charge in [-0.1, -0.05) is 6.07 Å². The first-order chi connectivity index (χ1) is 10.3. The molecule has 1 atom stereocenters. The standard InChI is InChI=1S/C17H25N3O/c21-17(20-14-5-1-6-14)10-9-15-7-2-8-16(19-15)13-4-3-11-18-12-13/h2,7-8,13-14,18H,1,3-6,9-12H2,(H,20,21)/t13-/m0/s1. The van der Waals surface area contributed by atoms with Crippen molar-refractivity contribution in [3.05, 3.63) is 29.6 Å². The predicted octanol–water partition coefficient (Wildman–Crippen LogP) is 2.15. The van der Waals surface area contributed by atoms with Gasteiger partial charge in [-0.15, -0.1) is 0 Å². The third-order valence-electron chi connectivity index (χ3n) is 4.62. The molecule has 0 bridgehead atoms. The number of nitrogens with one attached hydrogen (secondary N) is 2. The summed E-state index contributed by atoms with van der Waals surface area (Å²) < 4.78 is 0. The average Bonchev–Trinajstić information content (AvgIpc) is 2.50. The van der Waals surface area contributed by atoms with Crippen molar-refractivity contribution in [3.8, 4) is 0 Å². The van der Waals surface area contributed by atoms with Crippen molar-refractivity contribution in [3.63, 3.8) is 0 Å². The van der Waals surface area contributed by atoms with Gasteiger partial charge in [0.05, 0.1) is 0 Å². The number of carbonyl (C=O) groups excluding carboxylic acids is 1. The van der Waals surface area contributed by atoms with Crippen LogP contribution >= 0.6 is 0 Å². The molecular weight excluding hydrogens is 262 g/mol. The van der Waals surface area contributed by atoms with E-state index in [-0.39, 0.29) is 5.91 Å². The first kappa shape index (κ1) is 14.5. The van der Waals surface area contributed by atoms with Gasteiger partial charge in [0.2, 0.25) is 5.91 Å². The molecule has 0 spiro atoms. The van der Waals surface area contributed by atoms with Crippen LogP contribution in [0.5, 0.6) is 0 Å². The van der Waals surface area contributed by atoms with Crippen LogP contribution in [0.1, 0.15) is 55.8 Å². The highest BCUT2D eigenvalue weighted by Gasteiger charge is 2.19. The third kappa shape index (κ3) is 4.03. The number of amides is 1. The molecule has 1 aliphatic carbocycles. The molecule has 1 saturated carbocycles. The van der Waals surface area contributed by atoms with E-state index in [0.717, 1.165) is 38.0 Å². The highest BCUT2D eigenvalue weighted by Crippen LogP contribution is 2.22. The van der Waals surface area contributed by atoms with Crippen molar-refractivity contribution in [2.24, 2.45) is 0 Å². The number of aromatic nitrogens is 1. The van der Waals surface area contributed by atoms with Crippen LogP contribution in [0.3, 0.4) is 0 Å². The first-order valence-corrected chi connectivity index (χ1v) is 8.27. The van der Waals surface area contributed by atoms with Crippen LogP contribution in [-0.4, -0.2) is 30.0 Å². The summed E-state index contributed by atoms with van der Waals surface area (Å²) in [6, 6.07) is 6.67. The second-order valence-electron chi connectivity index (χ2n) is 6.29. The van der Waals surface area contributed by atoms with E-state index in [4.69, 9.17) is 4.98 Å². The molecule has 2 N–H and O–H groups in total. The molecule has 0 unspecified atom stereocenters. The van der Waals surface area contributed by atoms with Crippen molar-refractivity contribution in [1.29, 1.82) is 0 Å². The minimum Gasteiger partial charge on any atom is -0.353 e. The Balaban J connectivity index is 1.51. The van der Waals surface area contributed by atoms with Gasteiger partial charge < -0.3 is 10.6 Å². The number of pyridine rings is 1. The highest BCUT2D eigenvalue weighted by molar-refractivity contribution is 5.76. The summed E-state index contributed by atoms with van der Waals surface area (Å²) in [7, 11) is 0. The Kier molecular flexibility index (Phi) is 4.86. The molecule has 1 saturated heterocycles. The van der Waals surface area contributed by atoms with Gasteiger partial charge >= 0.3 is 0 Å². The molecule has 4 heteroatoms. The van der Waals surface area contributed by atoms with E-state index in [1.54, 1.807) is 0 Å². The van der Waals surface area contributed by atoms with Gasteiger partial charge in [-0.3, -0.25) is 9.78 Å². The summed E-state index contributed by atoms with van der Waals surface area (Å²) >= 11 is 0. The van der Waals surface area contributed by atoms with E-state index in [9.17, 15) is 4.79 Å². The van der Waals surface area contributed by atoms with Gasteiger partial charge in [0.1, 0.15) is 0 Å². The Hall–Kier alpha value is -1.42. The van der Waals surface area contributed by atoms with E-state index in [0.29, 0.717) is 18.4 Å². The van der Waals surface area contributed by atoms with Crippen LogP contribution in [0.4, 0.5) is 0 Å². The predicted molar refractivity (Wildman–Crippen MR) is 83.2 cm³/mol. The lowest BCUT2D eigenvalue weighted by Crippen LogP contribution is -2.39. The smallest absolute Gasteiger partial charge is 0.220 e. The minimum absolute atomic E-state index is 0.172. The van der Waals surface area contributed by atoms with E-state index in [1.807, 2.05) is 6.07 Å². The van der Waals surface area contributed by atoms with Crippen LogP contribution in [0.15, 0.2) is 18.2 Å². The molecule has 1 aromatic rings. The number of hydrogen-bond donors (Lipinski definition) is 2. The monoisotopic (exact) mass is 287 g/mol. The van der Waals surface area contributed by atoms with Crippen LogP contribution in [0.2, 0.25) is 0 Å². The molecule has 1 amide bonds. The van der Waals surface area contributed by atoms with E-state index in [2.05, 4.69) is 22.8 Å². The summed E-state index contributed by atoms with van der Waals surface area (Å²) in [4.78, 5) is 16.6. The molecule has 1 aliphatic heterocycles. The van der Waals surface area contributed by atoms with Gasteiger partial charge in [-0.25, -0.2) is 0 Å². The van der Waals surface area contributed by atoms with E-state index in [1.165, 1.54) is 25.0 Å². The molecule has 2 heterocycles. The van der Waals surface area contributed by atoms with Crippen LogP contribution in [0, 0.1) is 0 Å². The minimum atomic E-state index is 0.172. The molecule has 2 aliphatic rings. The fraction of sp³-hybridized carbons (Fsp3) is 0.647. The number of rotatable bonds is 5. The normalized spacial score (nSPS) is 22.6. The van der Waals surface area contributed by atoms with Crippen LogP contribution in [0.25, 0.3) is 0 Å². The molecule has 4 nitrogen and oxygen atoms in total. The molecular formula is C17H25N3O. The topological polar surface area (TPSA) is 54.0 Å². The maximum absolute atomic E-state index is 11.9. The summed E-state index contributed by atoms with van der Waals surface area (Å²) in [5.74, 6) is 0.703. The Morgan fingerprint density at radius 2 is 2.19 bits per heavy atom. The number of carbonyl (C=O) groups is 1. The van der Waals surface area contributed by atoms with Crippen molar-refractivity contribution in [1.82, 2.24) is 15.6 Å². The second kappa shape index (κ2) is 7.03. The molecule has 0 radical (unpaired) electrons. The molecule has 3 rings (SSSR count). The largest absolute Gasteiger partial charge is 0.353 e. The Morgan fingerprint density at radius 3 is 2.90 bits per heavy atom. The lowest BCUT2D eigenvalue weighted by atomic mass is 9.93. The first-order valence-electron chi connectivity index (χ1n) is 8.27. The quantitative estimate of drug-likeness (QED) is 0.872. The van der Waals surface area contributed by atoms with Crippen molar-refractivity contribution in [2.75, 3.05) is 13.1 Å². The molecule has 1 aromatic heterocycles. The summed E-state index contributed by atoms with van der Waals surface area (Å²) in [5.41, 5.74) is 2.22. The highest BCUT2D eigenvalue weighted by atomic mass is 16.1. The zero-order valence-corrected chi connectivity index (χ0v) is 12.6. The zero-order chi connectivity index (χ0) is 14.5. The summed E-state index contributed by atoms with van der Waals surface area (Å²) in [6.45, 7) is 2.15. The lowest BCUT2D eigenvalue weighted by Gasteiger charge is -2.26. The number of hydrogen-bond acceptors (Lipinski definition) is 3.